The molecule has 1 heterocycles. The molecular formula is C13H19N3O2S. The first-order valence-corrected chi connectivity index (χ1v) is 7.23. The fourth-order valence-electron chi connectivity index (χ4n) is 1.65. The number of fused-ring (bicyclic) bond motifs is 1. The summed E-state index contributed by atoms with van der Waals surface area (Å²) in [6.07, 6.45) is 0.994. The van der Waals surface area contributed by atoms with Crippen LogP contribution >= 0.6 is 11.8 Å². The van der Waals surface area contributed by atoms with Crippen molar-refractivity contribution in [3.8, 4) is 0 Å². The molecule has 5 nitrogen and oxygen atoms in total. The second-order valence-electron chi connectivity index (χ2n) is 4.13. The number of nitrogens with zero attached hydrogens (tertiary/aromatic N) is 1. The lowest BCUT2D eigenvalue weighted by Gasteiger charge is -2.02. The fraction of sp³-hybridized carbons (Fsp3) is 0.462. The SMILES string of the molecule is COCCOCCCSc1nc2ccc(N)cc2[nH]1. The van der Waals surface area contributed by atoms with Crippen LogP contribution in [0.4, 0.5) is 5.69 Å². The van der Waals surface area contributed by atoms with Crippen molar-refractivity contribution in [1.82, 2.24) is 9.97 Å². The highest BCUT2D eigenvalue weighted by atomic mass is 32.2. The van der Waals surface area contributed by atoms with E-state index in [9.17, 15) is 0 Å². The highest BCUT2D eigenvalue weighted by Crippen LogP contribution is 2.21. The maximum atomic E-state index is 5.73. The number of nitrogen functional groups attached to an aromatic ring is 1. The number of ether oxygens (including phenoxy) is 2. The molecule has 0 unspecified atom stereocenters. The molecule has 104 valence electrons. The molecule has 0 atom stereocenters. The quantitative estimate of drug-likeness (QED) is 0.441. The van der Waals surface area contributed by atoms with Gasteiger partial charge in [-0.25, -0.2) is 4.98 Å². The van der Waals surface area contributed by atoms with Gasteiger partial charge in [0, 0.05) is 25.2 Å². The zero-order valence-electron chi connectivity index (χ0n) is 11.0. The Labute approximate surface area is 116 Å². The Bertz CT molecular complexity index is 516. The van der Waals surface area contributed by atoms with Crippen LogP contribution in [-0.4, -0.2) is 42.7 Å². The van der Waals surface area contributed by atoms with E-state index >= 15 is 0 Å². The van der Waals surface area contributed by atoms with Crippen LogP contribution in [0.5, 0.6) is 0 Å². The van der Waals surface area contributed by atoms with E-state index in [0.29, 0.717) is 13.2 Å². The van der Waals surface area contributed by atoms with Crippen LogP contribution in [0.1, 0.15) is 6.42 Å². The molecule has 1 aromatic carbocycles. The van der Waals surface area contributed by atoms with E-state index in [1.54, 1.807) is 18.9 Å². The first-order chi connectivity index (χ1) is 9.29. The largest absolute Gasteiger partial charge is 0.399 e. The summed E-state index contributed by atoms with van der Waals surface area (Å²) in [6.45, 7) is 2.06. The monoisotopic (exact) mass is 281 g/mol. The minimum atomic E-state index is 0.651. The van der Waals surface area contributed by atoms with Gasteiger partial charge in [0.05, 0.1) is 24.2 Å². The van der Waals surface area contributed by atoms with E-state index in [1.807, 2.05) is 18.2 Å². The summed E-state index contributed by atoms with van der Waals surface area (Å²) in [5.74, 6) is 0.974. The number of hydrogen-bond donors (Lipinski definition) is 2. The van der Waals surface area contributed by atoms with Crippen molar-refractivity contribution in [2.24, 2.45) is 0 Å². The van der Waals surface area contributed by atoms with Crippen LogP contribution in [0, 0.1) is 0 Å². The zero-order chi connectivity index (χ0) is 13.5. The van der Waals surface area contributed by atoms with Gasteiger partial charge in [-0.05, 0) is 24.6 Å². The van der Waals surface area contributed by atoms with E-state index in [2.05, 4.69) is 9.97 Å². The van der Waals surface area contributed by atoms with Gasteiger partial charge < -0.3 is 20.2 Å². The van der Waals surface area contributed by atoms with Crippen LogP contribution in [0.2, 0.25) is 0 Å². The van der Waals surface area contributed by atoms with Gasteiger partial charge in [-0.3, -0.25) is 0 Å². The number of imidazole rings is 1. The van der Waals surface area contributed by atoms with Crippen LogP contribution in [0.3, 0.4) is 0 Å². The molecule has 0 saturated heterocycles. The van der Waals surface area contributed by atoms with Crippen molar-refractivity contribution in [2.75, 3.05) is 38.4 Å². The lowest BCUT2D eigenvalue weighted by Crippen LogP contribution is -2.03. The fourth-order valence-corrected chi connectivity index (χ4v) is 2.45. The highest BCUT2D eigenvalue weighted by molar-refractivity contribution is 7.99. The molecule has 0 spiro atoms. The van der Waals surface area contributed by atoms with Crippen molar-refractivity contribution >= 4 is 28.5 Å². The third kappa shape index (κ3) is 4.41. The van der Waals surface area contributed by atoms with E-state index in [0.717, 1.165) is 40.7 Å². The molecule has 0 aliphatic heterocycles. The maximum absolute atomic E-state index is 5.73. The number of nitrogens with one attached hydrogen (secondary N) is 1. The van der Waals surface area contributed by atoms with Gasteiger partial charge in [0.2, 0.25) is 0 Å². The first-order valence-electron chi connectivity index (χ1n) is 6.24. The van der Waals surface area contributed by atoms with Crippen LogP contribution < -0.4 is 5.73 Å². The first kappa shape index (κ1) is 14.2. The van der Waals surface area contributed by atoms with E-state index < -0.39 is 0 Å². The number of thioether (sulfide) groups is 1. The molecule has 0 aliphatic rings. The third-order valence-electron chi connectivity index (χ3n) is 2.59. The minimum Gasteiger partial charge on any atom is -0.399 e. The molecule has 3 N–H and O–H groups in total. The van der Waals surface area contributed by atoms with Crippen molar-refractivity contribution in [3.63, 3.8) is 0 Å². The number of rotatable bonds is 8. The summed E-state index contributed by atoms with van der Waals surface area (Å²) in [7, 11) is 1.67. The second kappa shape index (κ2) is 7.37. The number of aromatic nitrogens is 2. The Kier molecular flexibility index (Phi) is 5.50. The van der Waals surface area contributed by atoms with E-state index in [4.69, 9.17) is 15.2 Å². The molecule has 0 aliphatic carbocycles. The molecule has 0 amide bonds. The van der Waals surface area contributed by atoms with Gasteiger partial charge in [-0.2, -0.15) is 0 Å². The topological polar surface area (TPSA) is 73.2 Å². The number of nitrogens with two attached hydrogens (primary N) is 1. The number of methoxy groups -OCH3 is 1. The normalized spacial score (nSPS) is 11.2. The van der Waals surface area contributed by atoms with E-state index in [1.165, 1.54) is 0 Å². The van der Waals surface area contributed by atoms with E-state index in [-0.39, 0.29) is 0 Å². The second-order valence-corrected chi connectivity index (χ2v) is 5.21. The Morgan fingerprint density at radius 2 is 2.21 bits per heavy atom. The Hall–Kier alpha value is -1.24. The molecule has 19 heavy (non-hydrogen) atoms. The van der Waals surface area contributed by atoms with Crippen molar-refractivity contribution in [3.05, 3.63) is 18.2 Å². The predicted molar refractivity (Wildman–Crippen MR) is 78.5 cm³/mol. The van der Waals surface area contributed by atoms with Crippen LogP contribution in [0.15, 0.2) is 23.4 Å². The summed E-state index contributed by atoms with van der Waals surface area (Å²) in [6, 6.07) is 5.70. The average molecular weight is 281 g/mol. The molecule has 0 bridgehead atoms. The molecular weight excluding hydrogens is 262 g/mol. The average Bonchev–Trinajstić information content (AvgIpc) is 2.79. The zero-order valence-corrected chi connectivity index (χ0v) is 11.8. The number of benzene rings is 1. The summed E-state index contributed by atoms with van der Waals surface area (Å²) in [4.78, 5) is 7.75. The Morgan fingerprint density at radius 3 is 3.05 bits per heavy atom. The molecule has 1 aromatic heterocycles. The molecule has 2 aromatic rings. The minimum absolute atomic E-state index is 0.651. The lowest BCUT2D eigenvalue weighted by molar-refractivity contribution is 0.0713. The summed E-state index contributed by atoms with van der Waals surface area (Å²) in [5, 5.41) is 0.928. The van der Waals surface area contributed by atoms with Gasteiger partial charge in [0.25, 0.3) is 0 Å². The van der Waals surface area contributed by atoms with Crippen molar-refractivity contribution < 1.29 is 9.47 Å². The summed E-state index contributed by atoms with van der Waals surface area (Å²) >= 11 is 1.70. The number of hydrogen-bond acceptors (Lipinski definition) is 5. The number of aromatic amines is 1. The molecule has 0 fully saturated rings. The Morgan fingerprint density at radius 1 is 1.32 bits per heavy atom. The lowest BCUT2D eigenvalue weighted by atomic mass is 10.3. The molecule has 6 heteroatoms. The van der Waals surface area contributed by atoms with Crippen molar-refractivity contribution in [2.45, 2.75) is 11.6 Å². The van der Waals surface area contributed by atoms with Gasteiger partial charge in [0.1, 0.15) is 0 Å². The standard InChI is InChI=1S/C13H19N3O2S/c1-17-6-7-18-5-2-8-19-13-15-11-4-3-10(14)9-12(11)16-13/h3-4,9H,2,5-8,14H2,1H3,(H,15,16). The van der Waals surface area contributed by atoms with Gasteiger partial charge >= 0.3 is 0 Å². The summed E-state index contributed by atoms with van der Waals surface area (Å²) < 4.78 is 10.3. The predicted octanol–water partition coefficient (Wildman–Crippen LogP) is 2.29. The van der Waals surface area contributed by atoms with Crippen molar-refractivity contribution in [1.29, 1.82) is 0 Å². The van der Waals surface area contributed by atoms with Gasteiger partial charge in [0.15, 0.2) is 5.16 Å². The Balaban J connectivity index is 1.72. The summed E-state index contributed by atoms with van der Waals surface area (Å²) in [5.41, 5.74) is 8.42. The van der Waals surface area contributed by atoms with Crippen LogP contribution in [-0.2, 0) is 9.47 Å². The van der Waals surface area contributed by atoms with Crippen LogP contribution in [0.25, 0.3) is 11.0 Å². The third-order valence-corrected chi connectivity index (χ3v) is 3.55. The molecule has 0 saturated carbocycles. The number of H-pyrrole nitrogens is 1. The molecule has 0 radical (unpaired) electrons. The number of anilines is 1. The smallest absolute Gasteiger partial charge is 0.166 e. The maximum Gasteiger partial charge on any atom is 0.166 e. The van der Waals surface area contributed by atoms with Gasteiger partial charge in [-0.15, -0.1) is 0 Å². The highest BCUT2D eigenvalue weighted by Gasteiger charge is 2.03. The van der Waals surface area contributed by atoms with Gasteiger partial charge in [-0.1, -0.05) is 11.8 Å². The molecule has 2 rings (SSSR count).